The first-order chi connectivity index (χ1) is 30.7. The summed E-state index contributed by atoms with van der Waals surface area (Å²) in [6.45, 7) is 0. The fourth-order valence-electron chi connectivity index (χ4n) is 10.0. The molecule has 12 aromatic rings. The van der Waals surface area contributed by atoms with Crippen LogP contribution in [-0.2, 0) is 6.42 Å². The Hall–Kier alpha value is -8.08. The van der Waals surface area contributed by atoms with E-state index in [-0.39, 0.29) is 0 Å². The lowest BCUT2D eigenvalue weighted by molar-refractivity contribution is 0.548. The maximum Gasteiger partial charge on any atom is 0.143 e. The highest BCUT2D eigenvalue weighted by atomic mass is 16.3. The molecule has 0 saturated carbocycles. The maximum absolute atomic E-state index is 6.86. The van der Waals surface area contributed by atoms with Crippen LogP contribution in [0.5, 0.6) is 0 Å². The van der Waals surface area contributed by atoms with Gasteiger partial charge in [-0.25, -0.2) is 0 Å². The van der Waals surface area contributed by atoms with Crippen LogP contribution >= 0.6 is 0 Å². The number of anilines is 3. The van der Waals surface area contributed by atoms with E-state index >= 15 is 0 Å². The Kier molecular flexibility index (Phi) is 7.70. The minimum absolute atomic E-state index is 0.881. The lowest BCUT2D eigenvalue weighted by Crippen LogP contribution is -2.14. The molecular formula is C58H38N2O2. The maximum atomic E-state index is 6.86. The zero-order chi connectivity index (χ0) is 40.7. The van der Waals surface area contributed by atoms with Gasteiger partial charge in [0.15, 0.2) is 0 Å². The fraction of sp³-hybridized carbons (Fsp3) is 0.0345. The van der Waals surface area contributed by atoms with Gasteiger partial charge in [-0.1, -0.05) is 140 Å². The summed E-state index contributed by atoms with van der Waals surface area (Å²) in [5, 5.41) is 8.23. The molecule has 1 aliphatic rings. The minimum atomic E-state index is 0.881. The van der Waals surface area contributed by atoms with Crippen LogP contribution in [0.15, 0.2) is 209 Å². The SMILES string of the molecule is C1=C(c2ccc(N(c3ccccc3-c3cccc4c3oc3cc5ccccc5cc34)c3ccccc3-n3c4ccccc4c4ccccc43)cc2)CCc2oc3ccccc3c21. The Balaban J connectivity index is 1.03. The van der Waals surface area contributed by atoms with E-state index in [4.69, 9.17) is 8.83 Å². The van der Waals surface area contributed by atoms with E-state index in [2.05, 4.69) is 210 Å². The van der Waals surface area contributed by atoms with Crippen LogP contribution < -0.4 is 4.90 Å². The number of aromatic nitrogens is 1. The number of furan rings is 2. The first-order valence-corrected chi connectivity index (χ1v) is 21.4. The molecule has 292 valence electrons. The molecule has 3 aromatic heterocycles. The van der Waals surface area contributed by atoms with E-state index in [0.29, 0.717) is 0 Å². The molecule has 0 saturated heterocycles. The van der Waals surface area contributed by atoms with Crippen LogP contribution in [0.25, 0.3) is 93.9 Å². The van der Waals surface area contributed by atoms with E-state index in [1.165, 1.54) is 54.7 Å². The van der Waals surface area contributed by atoms with Crippen molar-refractivity contribution in [2.75, 3.05) is 4.90 Å². The van der Waals surface area contributed by atoms with Crippen molar-refractivity contribution in [3.8, 4) is 16.8 Å². The number of allylic oxidation sites excluding steroid dienone is 1. The summed E-state index contributed by atoms with van der Waals surface area (Å²) < 4.78 is 15.6. The quantitative estimate of drug-likeness (QED) is 0.168. The number of benzene rings is 9. The van der Waals surface area contributed by atoms with Crippen LogP contribution in [0.2, 0.25) is 0 Å². The molecule has 62 heavy (non-hydrogen) atoms. The molecule has 0 fully saturated rings. The number of hydrogen-bond donors (Lipinski definition) is 0. The lowest BCUT2D eigenvalue weighted by atomic mass is 9.91. The van der Waals surface area contributed by atoms with Crippen molar-refractivity contribution in [1.29, 1.82) is 0 Å². The highest BCUT2D eigenvalue weighted by molar-refractivity contribution is 6.14. The van der Waals surface area contributed by atoms with E-state index in [1.807, 2.05) is 6.07 Å². The summed E-state index contributed by atoms with van der Waals surface area (Å²) >= 11 is 0. The third-order valence-corrected chi connectivity index (χ3v) is 12.9. The first kappa shape index (κ1) is 34.8. The van der Waals surface area contributed by atoms with E-state index in [1.54, 1.807) is 0 Å². The van der Waals surface area contributed by atoms with Crippen molar-refractivity contribution in [3.05, 3.63) is 217 Å². The Morgan fingerprint density at radius 1 is 0.435 bits per heavy atom. The summed E-state index contributed by atoms with van der Waals surface area (Å²) in [5.41, 5.74) is 15.2. The Labute approximate surface area is 357 Å². The highest BCUT2D eigenvalue weighted by Crippen LogP contribution is 2.47. The number of nitrogens with zero attached hydrogens (tertiary/aromatic N) is 2. The van der Waals surface area contributed by atoms with Crippen molar-refractivity contribution in [2.24, 2.45) is 0 Å². The molecule has 3 heterocycles. The molecule has 0 atom stereocenters. The van der Waals surface area contributed by atoms with Crippen LogP contribution in [0.4, 0.5) is 17.1 Å². The predicted octanol–water partition coefficient (Wildman–Crippen LogP) is 16.2. The van der Waals surface area contributed by atoms with Crippen LogP contribution in [0, 0.1) is 0 Å². The van der Waals surface area contributed by atoms with Gasteiger partial charge in [0, 0.05) is 55.7 Å². The molecule has 4 nitrogen and oxygen atoms in total. The van der Waals surface area contributed by atoms with Crippen molar-refractivity contribution < 1.29 is 8.83 Å². The van der Waals surface area contributed by atoms with Gasteiger partial charge in [0.25, 0.3) is 0 Å². The molecule has 13 rings (SSSR count). The number of hydrogen-bond acceptors (Lipinski definition) is 3. The molecule has 9 aromatic carbocycles. The van der Waals surface area contributed by atoms with E-state index in [0.717, 1.165) is 80.0 Å². The summed E-state index contributed by atoms with van der Waals surface area (Å²) in [6, 6.07) is 72.1. The van der Waals surface area contributed by atoms with E-state index in [9.17, 15) is 0 Å². The second kappa shape index (κ2) is 13.7. The average molecular weight is 795 g/mol. The highest BCUT2D eigenvalue weighted by Gasteiger charge is 2.25. The van der Waals surface area contributed by atoms with Gasteiger partial charge >= 0.3 is 0 Å². The largest absolute Gasteiger partial charge is 0.460 e. The third kappa shape index (κ3) is 5.33. The van der Waals surface area contributed by atoms with Crippen LogP contribution in [-0.4, -0.2) is 4.57 Å². The molecule has 0 bridgehead atoms. The van der Waals surface area contributed by atoms with Crippen molar-refractivity contribution >= 4 is 94.2 Å². The molecular weight excluding hydrogens is 757 g/mol. The molecule has 0 spiro atoms. The lowest BCUT2D eigenvalue weighted by Gasteiger charge is -2.30. The second-order valence-corrected chi connectivity index (χ2v) is 16.3. The predicted molar refractivity (Wildman–Crippen MR) is 258 cm³/mol. The molecule has 4 heteroatoms. The monoisotopic (exact) mass is 794 g/mol. The average Bonchev–Trinajstić information content (AvgIpc) is 4.00. The topological polar surface area (TPSA) is 34.5 Å². The van der Waals surface area contributed by atoms with Gasteiger partial charge in [-0.2, -0.15) is 0 Å². The van der Waals surface area contributed by atoms with Gasteiger partial charge in [0.2, 0.25) is 0 Å². The van der Waals surface area contributed by atoms with Crippen LogP contribution in [0.1, 0.15) is 23.3 Å². The number of rotatable bonds is 6. The van der Waals surface area contributed by atoms with E-state index < -0.39 is 0 Å². The summed E-state index contributed by atoms with van der Waals surface area (Å²) in [5.74, 6) is 1.07. The van der Waals surface area contributed by atoms with Gasteiger partial charge in [-0.3, -0.25) is 0 Å². The molecule has 0 unspecified atom stereocenters. The summed E-state index contributed by atoms with van der Waals surface area (Å²) in [4.78, 5) is 2.44. The molecule has 0 radical (unpaired) electrons. The van der Waals surface area contributed by atoms with Gasteiger partial charge in [0.05, 0.1) is 28.1 Å². The Bertz CT molecular complexity index is 3710. The zero-order valence-electron chi connectivity index (χ0n) is 33.8. The normalized spacial score (nSPS) is 12.8. The molecule has 0 N–H and O–H groups in total. The number of aryl methyl sites for hydroxylation is 1. The molecule has 0 aliphatic heterocycles. The molecule has 0 amide bonds. The van der Waals surface area contributed by atoms with Gasteiger partial charge in [-0.15, -0.1) is 0 Å². The van der Waals surface area contributed by atoms with Gasteiger partial charge < -0.3 is 18.3 Å². The second-order valence-electron chi connectivity index (χ2n) is 16.3. The van der Waals surface area contributed by atoms with Crippen molar-refractivity contribution in [1.82, 2.24) is 4.57 Å². The summed E-state index contributed by atoms with van der Waals surface area (Å²) in [6.07, 6.45) is 4.14. The third-order valence-electron chi connectivity index (χ3n) is 12.9. The first-order valence-electron chi connectivity index (χ1n) is 21.4. The number of para-hydroxylation sites is 7. The Morgan fingerprint density at radius 3 is 1.87 bits per heavy atom. The number of fused-ring (bicyclic) bond motifs is 10. The van der Waals surface area contributed by atoms with Gasteiger partial charge in [-0.05, 0) is 95.1 Å². The Morgan fingerprint density at radius 2 is 1.06 bits per heavy atom. The minimum Gasteiger partial charge on any atom is -0.460 e. The van der Waals surface area contributed by atoms with Crippen molar-refractivity contribution in [2.45, 2.75) is 12.8 Å². The standard InChI is InChI=1S/C58H38N2O2/c1-2-15-39-36-57-49(34-38(39)14-1)47-21-13-20-46(58(47)62-57)44-18-5-7-22-50(44)59(41-31-28-37(29-32-41)40-30-33-56-48(35-40)45-19-6-12-27-55(45)61-56)53-25-10-11-26-54(53)60-51-23-8-3-16-42(51)43-17-4-9-24-52(43)60/h1-29,31-32,34-36H,30,33H2. The smallest absolute Gasteiger partial charge is 0.143 e. The fourth-order valence-corrected chi connectivity index (χ4v) is 10.0. The van der Waals surface area contributed by atoms with Crippen LogP contribution in [0.3, 0.4) is 0 Å². The molecule has 1 aliphatic carbocycles. The zero-order valence-corrected chi connectivity index (χ0v) is 33.8. The van der Waals surface area contributed by atoms with Gasteiger partial charge in [0.1, 0.15) is 22.5 Å². The summed E-state index contributed by atoms with van der Waals surface area (Å²) in [7, 11) is 0. The van der Waals surface area contributed by atoms with Crippen molar-refractivity contribution in [3.63, 3.8) is 0 Å².